The average molecular weight is 820 g/mol. The monoisotopic (exact) mass is 819 g/mol. The number of ether oxygens (including phenoxy) is 1. The molecule has 2 aliphatic rings. The summed E-state index contributed by atoms with van der Waals surface area (Å²) in [5.41, 5.74) is 7.71. The maximum absolute atomic E-state index is 14.5. The summed E-state index contributed by atoms with van der Waals surface area (Å²) >= 11 is 0. The molecule has 2 aliphatic heterocycles. The fourth-order valence-corrected chi connectivity index (χ4v) is 7.48. The van der Waals surface area contributed by atoms with Crippen LogP contribution in [0.4, 0.5) is 25.1 Å². The summed E-state index contributed by atoms with van der Waals surface area (Å²) in [5.74, 6) is 4.78. The topological polar surface area (TPSA) is 147 Å². The summed E-state index contributed by atoms with van der Waals surface area (Å²) < 4.78 is 51.4. The first-order valence-electron chi connectivity index (χ1n) is 19.8. The molecule has 15 heteroatoms. The molecule has 4 heterocycles. The van der Waals surface area contributed by atoms with Crippen LogP contribution in [-0.4, -0.2) is 71.5 Å². The predicted octanol–water partition coefficient (Wildman–Crippen LogP) is 5.83. The highest BCUT2D eigenvalue weighted by atomic mass is 19.1. The van der Waals surface area contributed by atoms with Crippen LogP contribution in [0.25, 0.3) is 33.6 Å². The molecule has 5 aromatic rings. The van der Waals surface area contributed by atoms with Crippen LogP contribution in [0.5, 0.6) is 5.75 Å². The first kappa shape index (κ1) is 43.2. The number of nitrogens with one attached hydrogen (secondary N) is 1. The van der Waals surface area contributed by atoms with Crippen LogP contribution < -0.4 is 36.7 Å². The van der Waals surface area contributed by atoms with Crippen LogP contribution in [-0.2, 0) is 13.6 Å². The van der Waals surface area contributed by atoms with Gasteiger partial charge in [-0.1, -0.05) is 24.1 Å². The van der Waals surface area contributed by atoms with Crippen LogP contribution in [0.3, 0.4) is 0 Å². The summed E-state index contributed by atoms with van der Waals surface area (Å²) in [5, 5.41) is 12.4. The summed E-state index contributed by atoms with van der Waals surface area (Å²) in [6.07, 6.45) is 3.50. The van der Waals surface area contributed by atoms with Gasteiger partial charge in [0, 0.05) is 69.0 Å². The minimum absolute atomic E-state index is 0.0449. The van der Waals surface area contributed by atoms with Gasteiger partial charge in [-0.05, 0) is 88.5 Å². The molecular formula is C45H48F3N9O3. The molecule has 0 atom stereocenters. The molecule has 2 fully saturated rings. The standard InChI is InChI=1S/C25H25F2N5O2.C20H23FN4O/c1-29-18-8-10-32(11-9-18)25-30-23(16-4-5-17(14-28)19(26)13-16)22(24(33)31(25)2)15-6-7-21(34-3)20(27)12-15;1-3-5-14-6-7-15(12-17(14)21)18-13-19(26)25(4-2)20(23-18)24-10-8-16(22)9-11-24/h4-7,12-13,18,29H,8-11H2,1-3H3;6-7,12-13,16H,4,8-11,22H2,1-2H3. The zero-order valence-electron chi connectivity index (χ0n) is 34.4. The van der Waals surface area contributed by atoms with Crippen molar-refractivity contribution in [2.24, 2.45) is 12.8 Å². The van der Waals surface area contributed by atoms with E-state index in [4.69, 9.17) is 20.7 Å². The molecule has 0 amide bonds. The quantitative estimate of drug-likeness (QED) is 0.184. The third-order valence-corrected chi connectivity index (χ3v) is 10.9. The van der Waals surface area contributed by atoms with E-state index < -0.39 is 17.5 Å². The van der Waals surface area contributed by atoms with Gasteiger partial charge in [0.25, 0.3) is 11.1 Å². The van der Waals surface area contributed by atoms with Crippen molar-refractivity contribution in [3.63, 3.8) is 0 Å². The van der Waals surface area contributed by atoms with Crippen LogP contribution in [0, 0.1) is 40.6 Å². The number of nitrogens with two attached hydrogens (primary N) is 1. The molecule has 0 bridgehead atoms. The Morgan fingerprint density at radius 2 is 1.43 bits per heavy atom. The Morgan fingerprint density at radius 1 is 0.833 bits per heavy atom. The van der Waals surface area contributed by atoms with E-state index >= 15 is 0 Å². The van der Waals surface area contributed by atoms with Gasteiger partial charge in [0.05, 0.1) is 35.2 Å². The normalized spacial score (nSPS) is 14.5. The predicted molar refractivity (Wildman–Crippen MR) is 227 cm³/mol. The zero-order valence-corrected chi connectivity index (χ0v) is 34.4. The fraction of sp³-hybridized carbons (Fsp3) is 0.356. The molecule has 0 unspecified atom stereocenters. The number of methoxy groups -OCH3 is 1. The van der Waals surface area contributed by atoms with E-state index in [0.717, 1.165) is 38.8 Å². The summed E-state index contributed by atoms with van der Waals surface area (Å²) in [4.78, 5) is 39.8. The number of benzene rings is 3. The van der Waals surface area contributed by atoms with Crippen LogP contribution >= 0.6 is 0 Å². The lowest BCUT2D eigenvalue weighted by atomic mass is 9.99. The second-order valence-corrected chi connectivity index (χ2v) is 14.6. The summed E-state index contributed by atoms with van der Waals surface area (Å²) in [7, 11) is 4.91. The van der Waals surface area contributed by atoms with Crippen molar-refractivity contribution in [1.82, 2.24) is 24.4 Å². The van der Waals surface area contributed by atoms with E-state index in [1.54, 1.807) is 48.9 Å². The third kappa shape index (κ3) is 9.23. The molecular weight excluding hydrogens is 772 g/mol. The number of nitrogens with zero attached hydrogens (tertiary/aromatic N) is 7. The van der Waals surface area contributed by atoms with Crippen LogP contribution in [0.2, 0.25) is 0 Å². The van der Waals surface area contributed by atoms with E-state index in [1.165, 1.54) is 48.1 Å². The third-order valence-electron chi connectivity index (χ3n) is 10.9. The maximum atomic E-state index is 14.5. The number of hydrogen-bond acceptors (Lipinski definition) is 10. The molecule has 312 valence electrons. The van der Waals surface area contributed by atoms with Gasteiger partial charge in [-0.25, -0.2) is 23.1 Å². The van der Waals surface area contributed by atoms with Gasteiger partial charge in [-0.3, -0.25) is 18.7 Å². The lowest BCUT2D eigenvalue weighted by molar-refractivity contribution is 0.386. The number of aromatic nitrogens is 4. The van der Waals surface area contributed by atoms with Gasteiger partial charge in [-0.15, -0.1) is 5.92 Å². The molecule has 0 saturated carbocycles. The van der Waals surface area contributed by atoms with Gasteiger partial charge < -0.3 is 25.6 Å². The van der Waals surface area contributed by atoms with Gasteiger partial charge >= 0.3 is 0 Å². The first-order chi connectivity index (χ1) is 28.9. The lowest BCUT2D eigenvalue weighted by Crippen LogP contribution is -2.43. The van der Waals surface area contributed by atoms with E-state index in [-0.39, 0.29) is 39.7 Å². The largest absolute Gasteiger partial charge is 0.494 e. The molecule has 60 heavy (non-hydrogen) atoms. The van der Waals surface area contributed by atoms with Gasteiger partial charge in [-0.2, -0.15) is 5.26 Å². The Hall–Kier alpha value is -6.42. The molecule has 2 aromatic heterocycles. The van der Waals surface area contributed by atoms with Crippen molar-refractivity contribution in [1.29, 1.82) is 5.26 Å². The van der Waals surface area contributed by atoms with Crippen molar-refractivity contribution >= 4 is 11.9 Å². The molecule has 7 rings (SSSR count). The van der Waals surface area contributed by atoms with Gasteiger partial charge in [0.1, 0.15) is 17.7 Å². The van der Waals surface area contributed by atoms with Crippen molar-refractivity contribution in [2.45, 2.75) is 58.2 Å². The Bertz CT molecular complexity index is 2590. The Kier molecular flexibility index (Phi) is 13.7. The highest BCUT2D eigenvalue weighted by Crippen LogP contribution is 2.33. The number of anilines is 2. The summed E-state index contributed by atoms with van der Waals surface area (Å²) in [6, 6.07) is 16.9. The van der Waals surface area contributed by atoms with Gasteiger partial charge in [0.15, 0.2) is 11.6 Å². The van der Waals surface area contributed by atoms with E-state index in [9.17, 15) is 22.8 Å². The van der Waals surface area contributed by atoms with Crippen LogP contribution in [0.15, 0.2) is 70.3 Å². The minimum atomic E-state index is -0.717. The van der Waals surface area contributed by atoms with Crippen molar-refractivity contribution < 1.29 is 17.9 Å². The van der Waals surface area contributed by atoms with Crippen molar-refractivity contribution in [2.75, 3.05) is 50.1 Å². The number of piperidine rings is 2. The van der Waals surface area contributed by atoms with E-state index in [2.05, 4.69) is 27.0 Å². The molecule has 3 N–H and O–H groups in total. The lowest BCUT2D eigenvalue weighted by Gasteiger charge is -2.33. The Balaban J connectivity index is 0.000000209. The van der Waals surface area contributed by atoms with Crippen molar-refractivity contribution in [3.05, 3.63) is 110 Å². The number of rotatable bonds is 8. The van der Waals surface area contributed by atoms with Crippen molar-refractivity contribution in [3.8, 4) is 57.3 Å². The first-order valence-corrected chi connectivity index (χ1v) is 19.8. The highest BCUT2D eigenvalue weighted by Gasteiger charge is 2.26. The SMILES string of the molecule is CC#Cc1ccc(-c2cc(=O)n(CC)c(N3CCC(N)CC3)n2)cc1F.CNC1CCN(c2nc(-c3ccc(C#N)c(F)c3)c(-c3ccc(OC)c(F)c3)c(=O)n2C)CC1. The second kappa shape index (κ2) is 19.1. The molecule has 0 spiro atoms. The fourth-order valence-electron chi connectivity index (χ4n) is 7.48. The average Bonchev–Trinajstić information content (AvgIpc) is 3.25. The summed E-state index contributed by atoms with van der Waals surface area (Å²) in [6.45, 7) is 7.03. The van der Waals surface area contributed by atoms with Crippen LogP contribution in [0.1, 0.15) is 50.7 Å². The highest BCUT2D eigenvalue weighted by molar-refractivity contribution is 5.81. The Morgan fingerprint density at radius 3 is 2.03 bits per heavy atom. The Labute approximate surface area is 347 Å². The smallest absolute Gasteiger partial charge is 0.263 e. The molecule has 0 aliphatic carbocycles. The minimum Gasteiger partial charge on any atom is -0.494 e. The number of hydrogen-bond donors (Lipinski definition) is 2. The van der Waals surface area contributed by atoms with E-state index in [0.29, 0.717) is 65.5 Å². The second-order valence-electron chi connectivity index (χ2n) is 14.6. The number of nitriles is 1. The molecule has 0 radical (unpaired) electrons. The molecule has 2 saturated heterocycles. The van der Waals surface area contributed by atoms with E-state index in [1.807, 2.05) is 18.9 Å². The molecule has 3 aromatic carbocycles. The maximum Gasteiger partial charge on any atom is 0.263 e. The van der Waals surface area contributed by atoms with Gasteiger partial charge in [0.2, 0.25) is 11.9 Å². The molecule has 12 nitrogen and oxygen atoms in total. The number of halogens is 3. The zero-order chi connectivity index (χ0) is 43.1.